The molecule has 0 saturated heterocycles. The molecule has 7 nitrogen and oxygen atoms in total. The largest absolute Gasteiger partial charge is 0.382 e. The van der Waals surface area contributed by atoms with Crippen molar-refractivity contribution in [1.82, 2.24) is 9.97 Å². The minimum atomic E-state index is -0.973. The van der Waals surface area contributed by atoms with Crippen molar-refractivity contribution in [2.75, 3.05) is 16.4 Å². The summed E-state index contributed by atoms with van der Waals surface area (Å²) < 4.78 is 28.0. The molecule has 0 fully saturated rings. The number of rotatable bonds is 6. The lowest BCUT2D eigenvalue weighted by molar-refractivity contribution is 0.102. The highest BCUT2D eigenvalue weighted by atomic mass is 32.1. The standard InChI is InChI=1S/C25H17F2N5O2S/c26-17-2-1-3-18(27)20(17)21(33)22-23(28)32-25(35-22)31-15-6-4-13(5-7-15)24(34)30-16-8-9-19-14(12-16)10-11-29-19/h1-12,29H,28H2,(H,30,34)(H,31,32). The van der Waals surface area contributed by atoms with Crippen LogP contribution in [0.5, 0.6) is 0 Å². The molecule has 35 heavy (non-hydrogen) atoms. The van der Waals surface area contributed by atoms with E-state index in [0.29, 0.717) is 16.9 Å². The van der Waals surface area contributed by atoms with Gasteiger partial charge in [-0.2, -0.15) is 0 Å². The van der Waals surface area contributed by atoms with E-state index in [0.717, 1.165) is 34.4 Å². The minimum absolute atomic E-state index is 0.0770. The Kier molecular flexibility index (Phi) is 5.71. The Labute approximate surface area is 201 Å². The van der Waals surface area contributed by atoms with Crippen LogP contribution in [-0.2, 0) is 0 Å². The lowest BCUT2D eigenvalue weighted by Gasteiger charge is -2.07. The number of carbonyl (C=O) groups excluding carboxylic acids is 2. The number of benzene rings is 3. The number of nitrogen functional groups attached to an aromatic ring is 1. The summed E-state index contributed by atoms with van der Waals surface area (Å²) >= 11 is 0.877. The Bertz CT molecular complexity index is 1560. The number of thiazole rings is 1. The van der Waals surface area contributed by atoms with Gasteiger partial charge in [0.2, 0.25) is 5.78 Å². The number of nitrogens with zero attached hydrogens (tertiary/aromatic N) is 1. The van der Waals surface area contributed by atoms with Gasteiger partial charge in [0, 0.05) is 34.0 Å². The molecule has 1 amide bonds. The number of anilines is 4. The number of hydrogen-bond acceptors (Lipinski definition) is 6. The maximum atomic E-state index is 14.0. The third-order valence-corrected chi connectivity index (χ3v) is 6.24. The number of fused-ring (bicyclic) bond motifs is 1. The maximum Gasteiger partial charge on any atom is 0.255 e. The summed E-state index contributed by atoms with van der Waals surface area (Å²) in [6.07, 6.45) is 1.83. The average Bonchev–Trinajstić information content (AvgIpc) is 3.45. The third kappa shape index (κ3) is 4.46. The summed E-state index contributed by atoms with van der Waals surface area (Å²) in [6, 6.07) is 17.3. The molecule has 0 aliphatic carbocycles. The van der Waals surface area contributed by atoms with E-state index in [1.165, 1.54) is 6.07 Å². The van der Waals surface area contributed by atoms with Gasteiger partial charge in [-0.25, -0.2) is 13.8 Å². The van der Waals surface area contributed by atoms with Crippen molar-refractivity contribution >= 4 is 56.3 Å². The second kappa shape index (κ2) is 8.99. The zero-order valence-corrected chi connectivity index (χ0v) is 18.7. The van der Waals surface area contributed by atoms with Gasteiger partial charge < -0.3 is 21.4 Å². The number of aromatic amines is 1. The molecule has 174 valence electrons. The van der Waals surface area contributed by atoms with Crippen molar-refractivity contribution in [3.05, 3.63) is 101 Å². The van der Waals surface area contributed by atoms with Gasteiger partial charge in [-0.3, -0.25) is 9.59 Å². The fourth-order valence-corrected chi connectivity index (χ4v) is 4.39. The quantitative estimate of drug-likeness (QED) is 0.228. The van der Waals surface area contributed by atoms with Crippen molar-refractivity contribution in [1.29, 1.82) is 0 Å². The van der Waals surface area contributed by atoms with E-state index >= 15 is 0 Å². The predicted octanol–water partition coefficient (Wildman–Crippen LogP) is 5.71. The molecule has 0 radical (unpaired) electrons. The van der Waals surface area contributed by atoms with Gasteiger partial charge in [0.1, 0.15) is 22.3 Å². The Morgan fingerprint density at radius 1 is 0.943 bits per heavy atom. The molecule has 0 spiro atoms. The fraction of sp³-hybridized carbons (Fsp3) is 0. The highest BCUT2D eigenvalue weighted by molar-refractivity contribution is 7.18. The molecular weight excluding hydrogens is 472 g/mol. The van der Waals surface area contributed by atoms with E-state index in [-0.39, 0.29) is 21.7 Å². The number of nitrogens with one attached hydrogen (secondary N) is 3. The Balaban J connectivity index is 1.29. The molecule has 0 saturated carbocycles. The molecule has 2 heterocycles. The van der Waals surface area contributed by atoms with Crippen LogP contribution in [0.4, 0.5) is 31.1 Å². The van der Waals surface area contributed by atoms with Crippen molar-refractivity contribution in [2.24, 2.45) is 0 Å². The molecule has 0 aliphatic rings. The van der Waals surface area contributed by atoms with E-state index < -0.39 is 23.0 Å². The zero-order valence-electron chi connectivity index (χ0n) is 17.9. The first-order valence-corrected chi connectivity index (χ1v) is 11.2. The van der Waals surface area contributed by atoms with Crippen LogP contribution in [0.25, 0.3) is 10.9 Å². The summed E-state index contributed by atoms with van der Waals surface area (Å²) in [5, 5.41) is 7.09. The minimum Gasteiger partial charge on any atom is -0.382 e. The molecule has 5 rings (SSSR count). The number of nitrogens with two attached hydrogens (primary N) is 1. The zero-order chi connectivity index (χ0) is 24.5. The monoisotopic (exact) mass is 489 g/mol. The molecule has 0 unspecified atom stereocenters. The summed E-state index contributed by atoms with van der Waals surface area (Å²) in [5.41, 5.74) is 7.83. The van der Waals surface area contributed by atoms with Crippen molar-refractivity contribution < 1.29 is 18.4 Å². The molecule has 3 aromatic carbocycles. The SMILES string of the molecule is Nc1nc(Nc2ccc(C(=O)Nc3ccc4[nH]ccc4c3)cc2)sc1C(=O)c1c(F)cccc1F. The Hall–Kier alpha value is -4.57. The van der Waals surface area contributed by atoms with E-state index in [9.17, 15) is 18.4 Å². The first-order valence-electron chi connectivity index (χ1n) is 10.4. The summed E-state index contributed by atoms with van der Waals surface area (Å²) in [5.74, 6) is -3.24. The van der Waals surface area contributed by atoms with E-state index in [1.807, 2.05) is 30.5 Å². The Morgan fingerprint density at radius 3 is 2.40 bits per heavy atom. The van der Waals surface area contributed by atoms with Crippen LogP contribution in [0, 0.1) is 11.6 Å². The van der Waals surface area contributed by atoms with Crippen LogP contribution in [0.2, 0.25) is 0 Å². The molecule has 0 atom stereocenters. The number of halogens is 2. The van der Waals surface area contributed by atoms with Crippen LogP contribution < -0.4 is 16.4 Å². The van der Waals surface area contributed by atoms with E-state index in [2.05, 4.69) is 20.6 Å². The van der Waals surface area contributed by atoms with Gasteiger partial charge in [-0.05, 0) is 60.7 Å². The molecule has 5 N–H and O–H groups in total. The molecular formula is C25H17F2N5O2S. The van der Waals surface area contributed by atoms with E-state index in [1.54, 1.807) is 24.3 Å². The number of amides is 1. The number of H-pyrrole nitrogens is 1. The second-order valence-electron chi connectivity index (χ2n) is 7.60. The lowest BCUT2D eigenvalue weighted by atomic mass is 10.1. The average molecular weight is 490 g/mol. The number of ketones is 1. The molecule has 0 aliphatic heterocycles. The third-order valence-electron chi connectivity index (χ3n) is 5.26. The van der Waals surface area contributed by atoms with Crippen LogP contribution in [0.3, 0.4) is 0 Å². The summed E-state index contributed by atoms with van der Waals surface area (Å²) in [4.78, 5) is 32.3. The number of aromatic nitrogens is 2. The van der Waals surface area contributed by atoms with Gasteiger partial charge >= 0.3 is 0 Å². The summed E-state index contributed by atoms with van der Waals surface area (Å²) in [6.45, 7) is 0. The summed E-state index contributed by atoms with van der Waals surface area (Å²) in [7, 11) is 0. The van der Waals surface area contributed by atoms with Gasteiger partial charge in [-0.15, -0.1) is 0 Å². The van der Waals surface area contributed by atoms with Crippen LogP contribution >= 0.6 is 11.3 Å². The molecule has 5 aromatic rings. The van der Waals surface area contributed by atoms with Gasteiger partial charge in [-0.1, -0.05) is 17.4 Å². The fourth-order valence-electron chi connectivity index (χ4n) is 3.54. The highest BCUT2D eigenvalue weighted by Gasteiger charge is 2.24. The highest BCUT2D eigenvalue weighted by Crippen LogP contribution is 2.31. The smallest absolute Gasteiger partial charge is 0.255 e. The number of hydrogen-bond donors (Lipinski definition) is 4. The van der Waals surface area contributed by atoms with Crippen molar-refractivity contribution in [3.8, 4) is 0 Å². The first-order chi connectivity index (χ1) is 16.9. The second-order valence-corrected chi connectivity index (χ2v) is 8.59. The topological polar surface area (TPSA) is 113 Å². The number of carbonyl (C=O) groups is 2. The van der Waals surface area contributed by atoms with Crippen molar-refractivity contribution in [2.45, 2.75) is 0 Å². The van der Waals surface area contributed by atoms with Crippen molar-refractivity contribution in [3.63, 3.8) is 0 Å². The van der Waals surface area contributed by atoms with Gasteiger partial charge in [0.15, 0.2) is 5.13 Å². The normalized spacial score (nSPS) is 10.9. The van der Waals surface area contributed by atoms with Crippen LogP contribution in [0.15, 0.2) is 72.9 Å². The van der Waals surface area contributed by atoms with Gasteiger partial charge in [0.25, 0.3) is 5.91 Å². The molecule has 2 aromatic heterocycles. The predicted molar refractivity (Wildman–Crippen MR) is 132 cm³/mol. The first kappa shape index (κ1) is 22.2. The van der Waals surface area contributed by atoms with Crippen LogP contribution in [-0.4, -0.2) is 21.7 Å². The van der Waals surface area contributed by atoms with Gasteiger partial charge in [0.05, 0.1) is 5.56 Å². The lowest BCUT2D eigenvalue weighted by Crippen LogP contribution is -2.11. The Morgan fingerprint density at radius 2 is 1.66 bits per heavy atom. The molecule has 0 bridgehead atoms. The molecule has 10 heteroatoms. The van der Waals surface area contributed by atoms with Crippen LogP contribution in [0.1, 0.15) is 25.6 Å². The maximum absolute atomic E-state index is 14.0. The van der Waals surface area contributed by atoms with E-state index in [4.69, 9.17) is 5.73 Å².